The van der Waals surface area contributed by atoms with E-state index in [2.05, 4.69) is 36.1 Å². The minimum atomic E-state index is 0.0573. The number of nitrogens with one attached hydrogen (secondary N) is 1. The highest BCUT2D eigenvalue weighted by atomic mass is 16.5. The lowest BCUT2D eigenvalue weighted by atomic mass is 9.93. The average molecular weight is 429 g/mol. The maximum atomic E-state index is 8.98. The Morgan fingerprint density at radius 2 is 2.03 bits per heavy atom. The van der Waals surface area contributed by atoms with Crippen molar-refractivity contribution in [2.45, 2.75) is 37.8 Å². The number of anilines is 1. The van der Waals surface area contributed by atoms with Crippen LogP contribution in [-0.4, -0.2) is 47.7 Å². The molecule has 1 aliphatic carbocycles. The molecule has 1 fully saturated rings. The summed E-state index contributed by atoms with van der Waals surface area (Å²) in [6.45, 7) is 0. The fourth-order valence-electron chi connectivity index (χ4n) is 4.24. The van der Waals surface area contributed by atoms with E-state index in [1.165, 1.54) is 0 Å². The van der Waals surface area contributed by atoms with Crippen molar-refractivity contribution in [3.63, 3.8) is 0 Å². The molecule has 1 saturated carbocycles. The Morgan fingerprint density at radius 1 is 1.19 bits per heavy atom. The van der Waals surface area contributed by atoms with Crippen molar-refractivity contribution in [2.24, 2.45) is 7.05 Å². The summed E-state index contributed by atoms with van der Waals surface area (Å²) >= 11 is 0. The summed E-state index contributed by atoms with van der Waals surface area (Å²) in [5.41, 5.74) is 2.93. The van der Waals surface area contributed by atoms with E-state index in [-0.39, 0.29) is 18.0 Å². The predicted molar refractivity (Wildman–Crippen MR) is 118 cm³/mol. The van der Waals surface area contributed by atoms with Gasteiger partial charge in [-0.15, -0.1) is 0 Å². The van der Waals surface area contributed by atoms with E-state index in [4.69, 9.17) is 15.1 Å². The zero-order valence-corrected chi connectivity index (χ0v) is 17.9. The molecule has 1 aliphatic rings. The zero-order valence-electron chi connectivity index (χ0n) is 17.9. The first-order valence-electron chi connectivity index (χ1n) is 10.6. The fraction of sp³-hybridized carbons (Fsp3) is 0.364. The Labute approximate surface area is 184 Å². The number of aromatic nitrogens is 7. The van der Waals surface area contributed by atoms with Gasteiger partial charge in [0.25, 0.3) is 0 Å². The molecule has 0 aliphatic heterocycles. The molecule has 5 rings (SSSR count). The number of fused-ring (bicyclic) bond motifs is 1. The maximum Gasteiger partial charge on any atom is 0.235 e. The van der Waals surface area contributed by atoms with Crippen LogP contribution >= 0.6 is 0 Å². The van der Waals surface area contributed by atoms with Gasteiger partial charge in [0.1, 0.15) is 23.7 Å². The van der Waals surface area contributed by atoms with Gasteiger partial charge in [0.15, 0.2) is 0 Å². The summed E-state index contributed by atoms with van der Waals surface area (Å²) in [5.74, 6) is 1.38. The number of hydrogen-bond acceptors (Lipinski definition) is 8. The molecule has 0 aromatic carbocycles. The van der Waals surface area contributed by atoms with Gasteiger partial charge in [-0.3, -0.25) is 9.36 Å². The summed E-state index contributed by atoms with van der Waals surface area (Å²) in [7, 11) is 3.77. The molecule has 0 bridgehead atoms. The minimum absolute atomic E-state index is 0.0573. The Bertz CT molecular complexity index is 1290. The predicted octanol–water partition coefficient (Wildman–Crippen LogP) is 3.10. The molecule has 32 heavy (non-hydrogen) atoms. The van der Waals surface area contributed by atoms with Gasteiger partial charge in [0, 0.05) is 55.8 Å². The first kappa shape index (κ1) is 19.9. The lowest BCUT2D eigenvalue weighted by Gasteiger charge is -2.29. The van der Waals surface area contributed by atoms with E-state index in [0.29, 0.717) is 5.88 Å². The highest BCUT2D eigenvalue weighted by Gasteiger charge is 2.27. The zero-order chi connectivity index (χ0) is 22.1. The summed E-state index contributed by atoms with van der Waals surface area (Å²) < 4.78 is 9.93. The number of rotatable bonds is 5. The molecule has 4 aromatic rings. The van der Waals surface area contributed by atoms with Crippen LogP contribution in [0.25, 0.3) is 22.2 Å². The number of hydrogen-bond donors (Lipinski definition) is 1. The van der Waals surface area contributed by atoms with E-state index in [1.54, 1.807) is 16.9 Å². The van der Waals surface area contributed by atoms with Gasteiger partial charge in [0.2, 0.25) is 11.7 Å². The molecule has 1 N–H and O–H groups in total. The van der Waals surface area contributed by atoms with Crippen LogP contribution in [0, 0.1) is 11.3 Å². The molecule has 10 nitrogen and oxygen atoms in total. The lowest BCUT2D eigenvalue weighted by Crippen LogP contribution is -2.26. The van der Waals surface area contributed by atoms with Crippen molar-refractivity contribution in [3.8, 4) is 23.2 Å². The normalized spacial score (nSPS) is 18.4. The third-order valence-electron chi connectivity index (χ3n) is 5.83. The largest absolute Gasteiger partial charge is 0.474 e. The van der Waals surface area contributed by atoms with Crippen molar-refractivity contribution in [3.05, 3.63) is 42.7 Å². The van der Waals surface area contributed by atoms with E-state index in [0.717, 1.165) is 53.7 Å². The van der Waals surface area contributed by atoms with Gasteiger partial charge in [-0.05, 0) is 25.7 Å². The Balaban J connectivity index is 1.39. The molecule has 162 valence electrons. The van der Waals surface area contributed by atoms with E-state index < -0.39 is 0 Å². The van der Waals surface area contributed by atoms with Crippen molar-refractivity contribution < 1.29 is 4.74 Å². The standard InChI is InChI=1S/C22H23N9O/c1-24-19-9-18-17(12-26-19)22(14-11-27-30(2)13-14)29-31(18)15-3-5-16(6-4-15)32-21-7-8-25-20(10-23)28-21/h7-9,11-13,15-16H,3-6H2,1-2H3,(H,24,26). The number of nitriles is 1. The van der Waals surface area contributed by atoms with Crippen LogP contribution in [0.4, 0.5) is 5.82 Å². The van der Waals surface area contributed by atoms with E-state index in [9.17, 15) is 0 Å². The van der Waals surface area contributed by atoms with Gasteiger partial charge in [-0.2, -0.15) is 20.4 Å². The summed E-state index contributed by atoms with van der Waals surface area (Å²) in [6, 6.07) is 5.95. The second-order valence-corrected chi connectivity index (χ2v) is 7.91. The van der Waals surface area contributed by atoms with Crippen LogP contribution in [0.2, 0.25) is 0 Å². The van der Waals surface area contributed by atoms with Crippen LogP contribution < -0.4 is 10.1 Å². The minimum Gasteiger partial charge on any atom is -0.474 e. The van der Waals surface area contributed by atoms with Crippen molar-refractivity contribution in [1.29, 1.82) is 5.26 Å². The van der Waals surface area contributed by atoms with E-state index in [1.807, 2.05) is 38.8 Å². The lowest BCUT2D eigenvalue weighted by molar-refractivity contribution is 0.125. The van der Waals surface area contributed by atoms with Crippen molar-refractivity contribution >= 4 is 16.7 Å². The molecule has 0 unspecified atom stereocenters. The van der Waals surface area contributed by atoms with Crippen LogP contribution in [0.3, 0.4) is 0 Å². The van der Waals surface area contributed by atoms with Gasteiger partial charge in [0.05, 0.1) is 17.8 Å². The fourth-order valence-corrected chi connectivity index (χ4v) is 4.24. The molecule has 0 saturated heterocycles. The Hall–Kier alpha value is -4.00. The number of aryl methyl sites for hydroxylation is 1. The van der Waals surface area contributed by atoms with Crippen LogP contribution in [0.5, 0.6) is 5.88 Å². The summed E-state index contributed by atoms with van der Waals surface area (Å²) in [5, 5.41) is 22.4. The smallest absolute Gasteiger partial charge is 0.235 e. The number of pyridine rings is 1. The molecule has 4 heterocycles. The van der Waals surface area contributed by atoms with Gasteiger partial charge in [-0.1, -0.05) is 0 Å². The summed E-state index contributed by atoms with van der Waals surface area (Å²) in [4.78, 5) is 12.5. The molecule has 4 aromatic heterocycles. The molecule has 0 radical (unpaired) electrons. The van der Waals surface area contributed by atoms with Gasteiger partial charge in [-0.25, -0.2) is 9.97 Å². The first-order valence-corrected chi connectivity index (χ1v) is 10.6. The molecular weight excluding hydrogens is 406 g/mol. The quantitative estimate of drug-likeness (QED) is 0.514. The van der Waals surface area contributed by atoms with Crippen LogP contribution in [0.15, 0.2) is 36.9 Å². The third-order valence-corrected chi connectivity index (χ3v) is 5.83. The van der Waals surface area contributed by atoms with Gasteiger partial charge >= 0.3 is 0 Å². The van der Waals surface area contributed by atoms with E-state index >= 15 is 0 Å². The van der Waals surface area contributed by atoms with Gasteiger partial charge < -0.3 is 10.1 Å². The van der Waals surface area contributed by atoms with Crippen LogP contribution in [0.1, 0.15) is 37.5 Å². The second kappa shape index (κ2) is 8.26. The van der Waals surface area contributed by atoms with Crippen molar-refractivity contribution in [2.75, 3.05) is 12.4 Å². The number of ether oxygens (including phenoxy) is 1. The summed E-state index contributed by atoms with van der Waals surface area (Å²) in [6.07, 6.45) is 10.9. The highest BCUT2D eigenvalue weighted by molar-refractivity contribution is 5.93. The van der Waals surface area contributed by atoms with Crippen molar-refractivity contribution in [1.82, 2.24) is 34.5 Å². The maximum absolute atomic E-state index is 8.98. The molecule has 0 spiro atoms. The number of nitrogens with zero attached hydrogens (tertiary/aromatic N) is 8. The topological polar surface area (TPSA) is 119 Å². The third kappa shape index (κ3) is 3.73. The first-order chi connectivity index (χ1) is 15.6. The SMILES string of the molecule is CNc1cc2c(cn1)c(-c1cnn(C)c1)nn2C1CCC(Oc2ccnc(C#N)n2)CC1. The molecule has 0 amide bonds. The Kier molecular flexibility index (Phi) is 5.15. The monoisotopic (exact) mass is 429 g/mol. The molecule has 10 heteroatoms. The highest BCUT2D eigenvalue weighted by Crippen LogP contribution is 2.36. The molecule has 0 atom stereocenters. The van der Waals surface area contributed by atoms with Crippen LogP contribution in [-0.2, 0) is 7.05 Å². The average Bonchev–Trinajstić information content (AvgIpc) is 3.42. The Morgan fingerprint density at radius 3 is 2.75 bits per heavy atom. The second-order valence-electron chi connectivity index (χ2n) is 7.91. The molecular formula is C22H23N9O.